The number of ketones is 1. The lowest BCUT2D eigenvalue weighted by atomic mass is 10.1. The molecule has 1 N–H and O–H groups in total. The summed E-state index contributed by atoms with van der Waals surface area (Å²) < 4.78 is 18.8. The van der Waals surface area contributed by atoms with Crippen LogP contribution in [0.25, 0.3) is 17.4 Å². The van der Waals surface area contributed by atoms with Crippen molar-refractivity contribution < 1.29 is 18.4 Å². The molecule has 29 heavy (non-hydrogen) atoms. The van der Waals surface area contributed by atoms with Crippen LogP contribution in [0.15, 0.2) is 75.0 Å². The molecule has 1 amide bonds. The first-order valence-corrected chi connectivity index (χ1v) is 9.56. The fourth-order valence-electron chi connectivity index (χ4n) is 2.70. The molecule has 1 aromatic heterocycles. The first kappa shape index (κ1) is 18.9. The first-order chi connectivity index (χ1) is 14.0. The molecule has 1 fully saturated rings. The molecule has 7 heteroatoms. The van der Waals surface area contributed by atoms with Gasteiger partial charge in [0.2, 0.25) is 0 Å². The Morgan fingerprint density at radius 3 is 2.48 bits per heavy atom. The highest BCUT2D eigenvalue weighted by molar-refractivity contribution is 8.18. The summed E-state index contributed by atoms with van der Waals surface area (Å²) >= 11 is 1.18. The lowest BCUT2D eigenvalue weighted by molar-refractivity contribution is -0.115. The molecule has 144 valence electrons. The molecule has 0 aliphatic carbocycles. The van der Waals surface area contributed by atoms with Crippen LogP contribution in [0.5, 0.6) is 0 Å². The van der Waals surface area contributed by atoms with Crippen molar-refractivity contribution in [2.24, 2.45) is 4.99 Å². The average molecular weight is 406 g/mol. The van der Waals surface area contributed by atoms with E-state index in [1.165, 1.54) is 43.0 Å². The van der Waals surface area contributed by atoms with Crippen LogP contribution in [-0.4, -0.2) is 16.9 Å². The van der Waals surface area contributed by atoms with Crippen LogP contribution >= 0.6 is 11.8 Å². The number of hydrogen-bond acceptors (Lipinski definition) is 5. The van der Waals surface area contributed by atoms with Gasteiger partial charge in [0.25, 0.3) is 5.91 Å². The predicted octanol–water partition coefficient (Wildman–Crippen LogP) is 5.18. The molecule has 2 heterocycles. The summed E-state index contributed by atoms with van der Waals surface area (Å²) in [5.74, 6) is 0.539. The summed E-state index contributed by atoms with van der Waals surface area (Å²) in [6.07, 6.45) is 1.64. The maximum absolute atomic E-state index is 13.0. The van der Waals surface area contributed by atoms with E-state index < -0.39 is 0 Å². The molecule has 1 saturated heterocycles. The van der Waals surface area contributed by atoms with Crippen molar-refractivity contribution in [3.05, 3.63) is 82.7 Å². The topological polar surface area (TPSA) is 71.7 Å². The smallest absolute Gasteiger partial charge is 0.264 e. The maximum Gasteiger partial charge on any atom is 0.264 e. The van der Waals surface area contributed by atoms with Crippen LogP contribution in [-0.2, 0) is 4.79 Å². The Morgan fingerprint density at radius 2 is 1.79 bits per heavy atom. The Hall–Kier alpha value is -3.45. The van der Waals surface area contributed by atoms with E-state index in [1.54, 1.807) is 30.3 Å². The van der Waals surface area contributed by atoms with Crippen LogP contribution < -0.4 is 5.32 Å². The highest BCUT2D eigenvalue weighted by Gasteiger charge is 2.24. The third-order valence-electron chi connectivity index (χ3n) is 4.18. The van der Waals surface area contributed by atoms with Gasteiger partial charge in [-0.1, -0.05) is 24.3 Å². The van der Waals surface area contributed by atoms with Gasteiger partial charge in [-0.05, 0) is 55.1 Å². The number of aliphatic imine (C=N–C) groups is 1. The third kappa shape index (κ3) is 4.35. The van der Waals surface area contributed by atoms with Gasteiger partial charge in [-0.25, -0.2) is 9.38 Å². The molecule has 0 radical (unpaired) electrons. The van der Waals surface area contributed by atoms with E-state index in [9.17, 15) is 14.0 Å². The number of amides is 1. The van der Waals surface area contributed by atoms with Gasteiger partial charge >= 0.3 is 0 Å². The van der Waals surface area contributed by atoms with Gasteiger partial charge in [-0.15, -0.1) is 0 Å². The minimum Gasteiger partial charge on any atom is -0.457 e. The molecule has 0 unspecified atom stereocenters. The van der Waals surface area contributed by atoms with Crippen molar-refractivity contribution in [2.45, 2.75) is 6.92 Å². The molecule has 4 rings (SSSR count). The van der Waals surface area contributed by atoms with Gasteiger partial charge in [-0.3, -0.25) is 9.59 Å². The van der Waals surface area contributed by atoms with E-state index in [4.69, 9.17) is 4.42 Å². The maximum atomic E-state index is 13.0. The number of nitrogens with zero attached hydrogens (tertiary/aromatic N) is 1. The highest BCUT2D eigenvalue weighted by Crippen LogP contribution is 2.30. The second-order valence-electron chi connectivity index (χ2n) is 6.29. The monoisotopic (exact) mass is 406 g/mol. The van der Waals surface area contributed by atoms with Crippen molar-refractivity contribution in [3.8, 4) is 11.3 Å². The number of furan rings is 1. The van der Waals surface area contributed by atoms with E-state index >= 15 is 0 Å². The average Bonchev–Trinajstić information content (AvgIpc) is 3.31. The quantitative estimate of drug-likeness (QED) is 0.479. The van der Waals surface area contributed by atoms with Gasteiger partial charge in [0.1, 0.15) is 17.3 Å². The van der Waals surface area contributed by atoms with Crippen molar-refractivity contribution in [1.82, 2.24) is 5.32 Å². The number of benzene rings is 2. The van der Waals surface area contributed by atoms with E-state index in [0.29, 0.717) is 32.8 Å². The summed E-state index contributed by atoms with van der Waals surface area (Å²) in [6.45, 7) is 1.52. The molecule has 0 bridgehead atoms. The standard InChI is InChI=1S/C22H15FN2O3S/c1-13(26)14-2-4-15(5-3-14)19-11-10-18(28-19)12-20-21(27)25-22(29-20)24-17-8-6-16(23)7-9-17/h2-12H,1H3,(H,24,25,27)/b20-12+. The normalized spacial score (nSPS) is 16.4. The van der Waals surface area contributed by atoms with Crippen LogP contribution in [0.2, 0.25) is 0 Å². The zero-order valence-corrected chi connectivity index (χ0v) is 16.1. The predicted molar refractivity (Wildman–Crippen MR) is 111 cm³/mol. The van der Waals surface area contributed by atoms with E-state index in [-0.39, 0.29) is 17.5 Å². The highest BCUT2D eigenvalue weighted by atomic mass is 32.2. The van der Waals surface area contributed by atoms with Gasteiger partial charge in [0.15, 0.2) is 11.0 Å². The summed E-state index contributed by atoms with van der Waals surface area (Å²) in [5, 5.41) is 3.10. The number of nitrogens with one attached hydrogen (secondary N) is 1. The Kier molecular flexibility index (Phi) is 5.14. The summed E-state index contributed by atoms with van der Waals surface area (Å²) in [6, 6.07) is 16.4. The summed E-state index contributed by atoms with van der Waals surface area (Å²) in [5.41, 5.74) is 2.01. The lowest BCUT2D eigenvalue weighted by Gasteiger charge is -1.99. The Bertz CT molecular complexity index is 1150. The number of rotatable bonds is 4. The number of carbonyl (C=O) groups is 2. The molecule has 0 atom stereocenters. The van der Waals surface area contributed by atoms with Crippen molar-refractivity contribution in [1.29, 1.82) is 0 Å². The van der Waals surface area contributed by atoms with Crippen LogP contribution in [0.1, 0.15) is 23.0 Å². The number of halogens is 1. The van der Waals surface area contributed by atoms with Gasteiger partial charge < -0.3 is 9.73 Å². The molecule has 1 aliphatic rings. The minimum atomic E-state index is -0.345. The minimum absolute atomic E-state index is 0.00351. The fraction of sp³-hybridized carbons (Fsp3) is 0.0455. The van der Waals surface area contributed by atoms with Crippen LogP contribution in [0, 0.1) is 5.82 Å². The first-order valence-electron chi connectivity index (χ1n) is 8.74. The second kappa shape index (κ2) is 7.89. The largest absolute Gasteiger partial charge is 0.457 e. The molecule has 5 nitrogen and oxygen atoms in total. The molecule has 1 aliphatic heterocycles. The van der Waals surface area contributed by atoms with E-state index in [2.05, 4.69) is 10.3 Å². The zero-order valence-electron chi connectivity index (χ0n) is 15.3. The van der Waals surface area contributed by atoms with E-state index in [0.717, 1.165) is 5.56 Å². The van der Waals surface area contributed by atoms with Crippen molar-refractivity contribution in [3.63, 3.8) is 0 Å². The number of thioether (sulfide) groups is 1. The zero-order chi connectivity index (χ0) is 20.4. The van der Waals surface area contributed by atoms with Gasteiger partial charge in [0, 0.05) is 17.2 Å². The molecule has 2 aromatic carbocycles. The van der Waals surface area contributed by atoms with Crippen molar-refractivity contribution >= 4 is 40.4 Å². The van der Waals surface area contributed by atoms with Gasteiger partial charge in [0.05, 0.1) is 10.6 Å². The lowest BCUT2D eigenvalue weighted by Crippen LogP contribution is -2.19. The molecule has 0 spiro atoms. The van der Waals surface area contributed by atoms with Crippen LogP contribution in [0.3, 0.4) is 0 Å². The molecular formula is C22H15FN2O3S. The summed E-state index contributed by atoms with van der Waals surface area (Å²) in [4.78, 5) is 28.3. The number of hydrogen-bond donors (Lipinski definition) is 1. The van der Waals surface area contributed by atoms with Crippen LogP contribution in [0.4, 0.5) is 10.1 Å². The Balaban J connectivity index is 1.52. The SMILES string of the molecule is CC(=O)c1ccc(-c2ccc(/C=C3/SC(=Nc4ccc(F)cc4)NC3=O)o2)cc1. The number of carbonyl (C=O) groups excluding carboxylic acids is 2. The second-order valence-corrected chi connectivity index (χ2v) is 7.32. The third-order valence-corrected chi connectivity index (χ3v) is 5.09. The molecule has 3 aromatic rings. The molecule has 0 saturated carbocycles. The summed E-state index contributed by atoms with van der Waals surface area (Å²) in [7, 11) is 0. The van der Waals surface area contributed by atoms with E-state index in [1.807, 2.05) is 12.1 Å². The molecular weight excluding hydrogens is 391 g/mol. The Morgan fingerprint density at radius 1 is 1.07 bits per heavy atom. The number of amidine groups is 1. The van der Waals surface area contributed by atoms with Gasteiger partial charge in [-0.2, -0.15) is 0 Å². The Labute approximate surface area is 170 Å². The fourth-order valence-corrected chi connectivity index (χ4v) is 3.52. The van der Waals surface area contributed by atoms with Crippen molar-refractivity contribution in [2.75, 3.05) is 0 Å². The number of Topliss-reactive ketones (excluding diaryl/α,β-unsaturated/α-hetero) is 1.